The second-order valence-electron chi connectivity index (χ2n) is 8.93. The van der Waals surface area contributed by atoms with Crippen LogP contribution in [0.1, 0.15) is 39.4 Å². The van der Waals surface area contributed by atoms with Crippen LogP contribution in [0.5, 0.6) is 0 Å². The van der Waals surface area contributed by atoms with Crippen LogP contribution in [0.15, 0.2) is 53.4 Å². The number of nitrogens with zero attached hydrogens (tertiary/aromatic N) is 3. The van der Waals surface area contributed by atoms with Crippen LogP contribution >= 0.6 is 11.9 Å². The number of aromatic nitrogens is 2. The summed E-state index contributed by atoms with van der Waals surface area (Å²) in [6.45, 7) is 9.57. The summed E-state index contributed by atoms with van der Waals surface area (Å²) < 4.78 is 10.2. The first kappa shape index (κ1) is 20.3. The SMILES string of the molecule is CN(Sc1ccc2c(c1)nc(C(C)(C)C)n2CC1CCOCC1)c1ccccc1. The molecule has 0 N–H and O–H groups in total. The van der Waals surface area contributed by atoms with Gasteiger partial charge in [0.05, 0.1) is 11.0 Å². The van der Waals surface area contributed by atoms with Crippen LogP contribution in [0.2, 0.25) is 0 Å². The van der Waals surface area contributed by atoms with Crippen LogP contribution in [0.25, 0.3) is 11.0 Å². The van der Waals surface area contributed by atoms with E-state index < -0.39 is 0 Å². The van der Waals surface area contributed by atoms with E-state index in [1.807, 2.05) is 6.07 Å². The lowest BCUT2D eigenvalue weighted by molar-refractivity contribution is 0.0611. The molecule has 1 aromatic heterocycles. The molecule has 0 saturated carbocycles. The zero-order valence-electron chi connectivity index (χ0n) is 17.9. The van der Waals surface area contributed by atoms with Gasteiger partial charge in [-0.1, -0.05) is 39.0 Å². The fourth-order valence-electron chi connectivity index (χ4n) is 3.96. The first-order valence-electron chi connectivity index (χ1n) is 10.5. The highest BCUT2D eigenvalue weighted by atomic mass is 32.2. The summed E-state index contributed by atoms with van der Waals surface area (Å²) in [5.74, 6) is 1.85. The Bertz CT molecular complexity index is 955. The van der Waals surface area contributed by atoms with Crippen molar-refractivity contribution in [1.82, 2.24) is 9.55 Å². The molecule has 0 amide bonds. The Kier molecular flexibility index (Phi) is 5.88. The number of fused-ring (bicyclic) bond motifs is 1. The topological polar surface area (TPSA) is 30.3 Å². The molecule has 0 radical (unpaired) electrons. The number of imidazole rings is 1. The van der Waals surface area contributed by atoms with Crippen molar-refractivity contribution < 1.29 is 4.74 Å². The number of anilines is 1. The molecular formula is C24H31N3OS. The third-order valence-corrected chi connectivity index (χ3v) is 6.48. The van der Waals surface area contributed by atoms with E-state index in [0.29, 0.717) is 5.92 Å². The normalized spacial score (nSPS) is 15.7. The third-order valence-electron chi connectivity index (χ3n) is 5.53. The molecular weight excluding hydrogens is 378 g/mol. The Hall–Kier alpha value is -1.98. The summed E-state index contributed by atoms with van der Waals surface area (Å²) in [5, 5.41) is 0. The number of ether oxygens (including phenoxy) is 1. The van der Waals surface area contributed by atoms with Gasteiger partial charge in [-0.2, -0.15) is 0 Å². The zero-order valence-corrected chi connectivity index (χ0v) is 18.7. The van der Waals surface area contributed by atoms with Gasteiger partial charge in [0.1, 0.15) is 5.82 Å². The van der Waals surface area contributed by atoms with Crippen molar-refractivity contribution in [2.75, 3.05) is 24.6 Å². The van der Waals surface area contributed by atoms with Gasteiger partial charge in [-0.25, -0.2) is 4.98 Å². The van der Waals surface area contributed by atoms with E-state index >= 15 is 0 Å². The molecule has 29 heavy (non-hydrogen) atoms. The van der Waals surface area contributed by atoms with Crippen molar-refractivity contribution in [3.63, 3.8) is 0 Å². The van der Waals surface area contributed by atoms with E-state index in [1.165, 1.54) is 21.9 Å². The van der Waals surface area contributed by atoms with Crippen LogP contribution < -0.4 is 4.31 Å². The lowest BCUT2D eigenvalue weighted by Gasteiger charge is -2.26. The van der Waals surface area contributed by atoms with Gasteiger partial charge in [-0.05, 0) is 61.0 Å². The molecule has 0 spiro atoms. The monoisotopic (exact) mass is 409 g/mol. The van der Waals surface area contributed by atoms with Crippen molar-refractivity contribution in [1.29, 1.82) is 0 Å². The lowest BCUT2D eigenvalue weighted by Crippen LogP contribution is -2.25. The molecule has 2 heterocycles. The maximum Gasteiger partial charge on any atom is 0.115 e. The maximum atomic E-state index is 5.56. The molecule has 1 aliphatic rings. The van der Waals surface area contributed by atoms with Gasteiger partial charge in [-0.15, -0.1) is 0 Å². The highest BCUT2D eigenvalue weighted by molar-refractivity contribution is 8.00. The van der Waals surface area contributed by atoms with Gasteiger partial charge in [0, 0.05) is 42.8 Å². The van der Waals surface area contributed by atoms with E-state index in [2.05, 4.69) is 79.2 Å². The van der Waals surface area contributed by atoms with Gasteiger partial charge < -0.3 is 13.6 Å². The molecule has 1 fully saturated rings. The fraction of sp³-hybridized carbons (Fsp3) is 0.458. The van der Waals surface area contributed by atoms with Crippen molar-refractivity contribution in [2.24, 2.45) is 5.92 Å². The number of benzene rings is 2. The second kappa shape index (κ2) is 8.41. The molecule has 3 aromatic rings. The quantitative estimate of drug-likeness (QED) is 0.491. The summed E-state index contributed by atoms with van der Waals surface area (Å²) in [5.41, 5.74) is 3.54. The number of hydrogen-bond donors (Lipinski definition) is 0. The lowest BCUT2D eigenvalue weighted by atomic mass is 9.94. The minimum Gasteiger partial charge on any atom is -0.381 e. The summed E-state index contributed by atoms with van der Waals surface area (Å²) >= 11 is 1.74. The van der Waals surface area contributed by atoms with Crippen molar-refractivity contribution >= 4 is 28.7 Å². The largest absolute Gasteiger partial charge is 0.381 e. The average Bonchev–Trinajstić information content (AvgIpc) is 3.07. The predicted molar refractivity (Wildman–Crippen MR) is 123 cm³/mol. The Balaban J connectivity index is 1.64. The standard InChI is InChI=1S/C24H31N3OS/c1-24(2,3)23-25-21-16-20(29-26(4)19-8-6-5-7-9-19)10-11-22(21)27(23)17-18-12-14-28-15-13-18/h5-11,16,18H,12-15,17H2,1-4H3. The summed E-state index contributed by atoms with van der Waals surface area (Å²) in [6.07, 6.45) is 2.28. The van der Waals surface area contributed by atoms with Gasteiger partial charge >= 0.3 is 0 Å². The fourth-order valence-corrected chi connectivity index (χ4v) is 4.80. The minimum atomic E-state index is 0.0122. The van der Waals surface area contributed by atoms with E-state index in [1.54, 1.807) is 11.9 Å². The molecule has 1 aliphatic heterocycles. The Morgan fingerprint density at radius 1 is 1.10 bits per heavy atom. The smallest absolute Gasteiger partial charge is 0.115 e. The van der Waals surface area contributed by atoms with Gasteiger partial charge in [-0.3, -0.25) is 0 Å². The number of rotatable bonds is 5. The highest BCUT2D eigenvalue weighted by Crippen LogP contribution is 2.33. The molecule has 4 nitrogen and oxygen atoms in total. The van der Waals surface area contributed by atoms with Gasteiger partial charge in [0.25, 0.3) is 0 Å². The Labute approximate surface area is 178 Å². The Morgan fingerprint density at radius 2 is 1.83 bits per heavy atom. The Morgan fingerprint density at radius 3 is 2.52 bits per heavy atom. The van der Waals surface area contributed by atoms with Crippen LogP contribution in [0.4, 0.5) is 5.69 Å². The highest BCUT2D eigenvalue weighted by Gasteiger charge is 2.25. The summed E-state index contributed by atoms with van der Waals surface area (Å²) in [7, 11) is 2.11. The first-order valence-corrected chi connectivity index (χ1v) is 11.2. The predicted octanol–water partition coefficient (Wildman–Crippen LogP) is 5.90. The number of para-hydroxylation sites is 1. The van der Waals surface area contributed by atoms with E-state index in [4.69, 9.17) is 9.72 Å². The zero-order chi connectivity index (χ0) is 20.4. The molecule has 0 unspecified atom stereocenters. The molecule has 154 valence electrons. The van der Waals surface area contributed by atoms with Crippen LogP contribution in [0, 0.1) is 5.92 Å². The van der Waals surface area contributed by atoms with Crippen molar-refractivity contribution in [3.8, 4) is 0 Å². The van der Waals surface area contributed by atoms with Crippen LogP contribution in [-0.4, -0.2) is 29.8 Å². The van der Waals surface area contributed by atoms with Gasteiger partial charge in [0.15, 0.2) is 0 Å². The van der Waals surface area contributed by atoms with Crippen molar-refractivity contribution in [3.05, 3.63) is 54.4 Å². The van der Waals surface area contributed by atoms with Crippen molar-refractivity contribution in [2.45, 2.75) is 50.5 Å². The van der Waals surface area contributed by atoms with E-state index in [9.17, 15) is 0 Å². The van der Waals surface area contributed by atoms with Gasteiger partial charge in [0.2, 0.25) is 0 Å². The van der Waals surface area contributed by atoms with E-state index in [0.717, 1.165) is 38.1 Å². The molecule has 2 aromatic carbocycles. The van der Waals surface area contributed by atoms with Crippen LogP contribution in [-0.2, 0) is 16.7 Å². The molecule has 0 atom stereocenters. The molecule has 0 bridgehead atoms. The third kappa shape index (κ3) is 4.62. The second-order valence-corrected chi connectivity index (χ2v) is 10.1. The molecule has 5 heteroatoms. The molecule has 1 saturated heterocycles. The average molecular weight is 410 g/mol. The molecule has 4 rings (SSSR count). The van der Waals surface area contributed by atoms with Crippen LogP contribution in [0.3, 0.4) is 0 Å². The van der Waals surface area contributed by atoms with E-state index in [-0.39, 0.29) is 5.41 Å². The first-order chi connectivity index (χ1) is 13.9. The number of hydrogen-bond acceptors (Lipinski definition) is 4. The summed E-state index contributed by atoms with van der Waals surface area (Å²) in [4.78, 5) is 6.30. The summed E-state index contributed by atoms with van der Waals surface area (Å²) in [6, 6.07) is 17.2. The maximum absolute atomic E-state index is 5.56. The molecule has 0 aliphatic carbocycles. The minimum absolute atomic E-state index is 0.0122.